The Bertz CT molecular complexity index is 1690. The Morgan fingerprint density at radius 1 is 0.882 bits per heavy atom. The van der Waals surface area contributed by atoms with Gasteiger partial charge in [-0.15, -0.1) is 0 Å². The van der Waals surface area contributed by atoms with E-state index in [0.717, 1.165) is 18.5 Å². The van der Waals surface area contributed by atoms with Crippen LogP contribution in [0.3, 0.4) is 0 Å². The zero-order valence-corrected chi connectivity index (χ0v) is 29.7. The van der Waals surface area contributed by atoms with Crippen molar-refractivity contribution in [2.45, 2.75) is 44.2 Å². The van der Waals surface area contributed by atoms with Crippen LogP contribution in [-0.4, -0.2) is 112 Å². The predicted octanol–water partition coefficient (Wildman–Crippen LogP) is 4.21. The van der Waals surface area contributed by atoms with Crippen molar-refractivity contribution in [3.63, 3.8) is 0 Å². The van der Waals surface area contributed by atoms with E-state index in [1.807, 2.05) is 29.2 Å². The molecule has 0 bridgehead atoms. The van der Waals surface area contributed by atoms with Crippen LogP contribution in [0.25, 0.3) is 0 Å². The van der Waals surface area contributed by atoms with E-state index < -0.39 is 18.1 Å². The number of benzene rings is 3. The Hall–Kier alpha value is -5.46. The van der Waals surface area contributed by atoms with Crippen LogP contribution in [0.1, 0.15) is 41.6 Å². The second kappa shape index (κ2) is 17.5. The van der Waals surface area contributed by atoms with Crippen LogP contribution >= 0.6 is 0 Å². The van der Waals surface area contributed by atoms with Gasteiger partial charge in [-0.3, -0.25) is 14.4 Å². The molecule has 2 atom stereocenters. The van der Waals surface area contributed by atoms with Crippen molar-refractivity contribution in [2.75, 3.05) is 66.5 Å². The minimum absolute atomic E-state index is 0.137. The number of urea groups is 1. The zero-order valence-electron chi connectivity index (χ0n) is 29.7. The molecule has 13 nitrogen and oxygen atoms in total. The Balaban J connectivity index is 1.40. The first-order valence-corrected chi connectivity index (χ1v) is 17.2. The predicted molar refractivity (Wildman–Crippen MR) is 192 cm³/mol. The summed E-state index contributed by atoms with van der Waals surface area (Å²) in [5, 5.41) is 5.97. The number of hydrogen-bond acceptors (Lipinski definition) is 8. The number of carbonyl (C=O) groups is 4. The van der Waals surface area contributed by atoms with Crippen LogP contribution in [0, 0.1) is 0 Å². The lowest BCUT2D eigenvalue weighted by Gasteiger charge is -2.30. The van der Waals surface area contributed by atoms with Crippen LogP contribution in [-0.2, 0) is 16.0 Å². The van der Waals surface area contributed by atoms with E-state index in [0.29, 0.717) is 66.6 Å². The molecular formula is C38H47N5O8. The van der Waals surface area contributed by atoms with Gasteiger partial charge in [-0.05, 0) is 67.6 Å². The van der Waals surface area contributed by atoms with Gasteiger partial charge in [0.1, 0.15) is 17.5 Å². The SMILES string of the molecule is COc1ccc(OC)c(NC(=O)N(CCc2ccc(OC)c(OC)c2)C2CC(C(=O)NCCCN3CCCC3=O)N(C(=O)c3ccccc3)C2)c1. The maximum Gasteiger partial charge on any atom is 0.322 e. The number of carbonyl (C=O) groups excluding carboxylic acids is 4. The lowest BCUT2D eigenvalue weighted by Crippen LogP contribution is -2.47. The van der Waals surface area contributed by atoms with Gasteiger partial charge < -0.3 is 44.3 Å². The van der Waals surface area contributed by atoms with Gasteiger partial charge in [-0.1, -0.05) is 24.3 Å². The van der Waals surface area contributed by atoms with E-state index in [2.05, 4.69) is 10.6 Å². The number of amides is 5. The number of hydrogen-bond donors (Lipinski definition) is 2. The van der Waals surface area contributed by atoms with Gasteiger partial charge in [0.15, 0.2) is 11.5 Å². The highest BCUT2D eigenvalue weighted by molar-refractivity contribution is 5.98. The van der Waals surface area contributed by atoms with Gasteiger partial charge >= 0.3 is 6.03 Å². The molecule has 2 N–H and O–H groups in total. The van der Waals surface area contributed by atoms with Crippen LogP contribution in [0.15, 0.2) is 66.7 Å². The van der Waals surface area contributed by atoms with Gasteiger partial charge in [0.25, 0.3) is 5.91 Å². The maximum absolute atomic E-state index is 14.2. The van der Waals surface area contributed by atoms with Crippen molar-refractivity contribution in [3.8, 4) is 23.0 Å². The minimum atomic E-state index is -0.820. The molecular weight excluding hydrogens is 654 g/mol. The average Bonchev–Trinajstić information content (AvgIpc) is 3.79. The molecule has 5 amide bonds. The molecule has 0 spiro atoms. The number of anilines is 1. The van der Waals surface area contributed by atoms with Crippen LogP contribution in [0.5, 0.6) is 23.0 Å². The standard InChI is InChI=1S/C38H47N5O8/c1-48-29-14-16-32(49-2)30(24-29)40-38(47)42(21-17-26-13-15-33(50-3)34(22-26)51-4)28-23-31(43(25-28)37(46)27-10-6-5-7-11-27)36(45)39-18-9-20-41-19-8-12-35(41)44/h5-7,10-11,13-16,22,24,28,31H,8-9,12,17-21,23,25H2,1-4H3,(H,39,45)(H,40,47). The fourth-order valence-corrected chi connectivity index (χ4v) is 6.63. The number of rotatable bonds is 15. The summed E-state index contributed by atoms with van der Waals surface area (Å²) in [6.07, 6.45) is 2.70. The van der Waals surface area contributed by atoms with E-state index >= 15 is 0 Å². The topological polar surface area (TPSA) is 139 Å². The quantitative estimate of drug-likeness (QED) is 0.225. The van der Waals surface area contributed by atoms with Gasteiger partial charge in [-0.2, -0.15) is 0 Å². The number of methoxy groups -OCH3 is 4. The number of likely N-dealkylation sites (tertiary alicyclic amines) is 2. The third-order valence-electron chi connectivity index (χ3n) is 9.38. The van der Waals surface area contributed by atoms with Gasteiger partial charge in [0, 0.05) is 50.8 Å². The summed E-state index contributed by atoms with van der Waals surface area (Å²) in [7, 11) is 6.19. The highest BCUT2D eigenvalue weighted by Crippen LogP contribution is 2.32. The van der Waals surface area contributed by atoms with Crippen molar-refractivity contribution in [1.29, 1.82) is 0 Å². The summed E-state index contributed by atoms with van der Waals surface area (Å²) in [5.41, 5.74) is 1.77. The number of nitrogens with one attached hydrogen (secondary N) is 2. The first-order chi connectivity index (χ1) is 24.8. The summed E-state index contributed by atoms with van der Waals surface area (Å²) in [5.74, 6) is 1.68. The fourth-order valence-electron chi connectivity index (χ4n) is 6.63. The van der Waals surface area contributed by atoms with Crippen LogP contribution in [0.4, 0.5) is 10.5 Å². The number of ether oxygens (including phenoxy) is 4. The molecule has 3 aromatic carbocycles. The van der Waals surface area contributed by atoms with E-state index in [1.165, 1.54) is 14.2 Å². The fraction of sp³-hybridized carbons (Fsp3) is 0.421. The Morgan fingerprint density at radius 2 is 1.63 bits per heavy atom. The Labute approximate surface area is 298 Å². The zero-order chi connectivity index (χ0) is 36.3. The molecule has 51 heavy (non-hydrogen) atoms. The molecule has 2 aliphatic rings. The highest BCUT2D eigenvalue weighted by Gasteiger charge is 2.43. The molecule has 13 heteroatoms. The molecule has 2 unspecified atom stereocenters. The molecule has 5 rings (SSSR count). The first-order valence-electron chi connectivity index (χ1n) is 17.2. The van der Waals surface area contributed by atoms with E-state index in [1.54, 1.807) is 66.5 Å². The van der Waals surface area contributed by atoms with Crippen molar-refractivity contribution in [3.05, 3.63) is 77.9 Å². The van der Waals surface area contributed by atoms with E-state index in [9.17, 15) is 19.2 Å². The molecule has 2 heterocycles. The molecule has 0 saturated carbocycles. The minimum Gasteiger partial charge on any atom is -0.497 e. The van der Waals surface area contributed by atoms with Crippen molar-refractivity contribution < 1.29 is 38.1 Å². The molecule has 0 aliphatic carbocycles. The second-order valence-electron chi connectivity index (χ2n) is 12.5. The molecule has 2 saturated heterocycles. The smallest absolute Gasteiger partial charge is 0.322 e. The summed E-state index contributed by atoms with van der Waals surface area (Å²) >= 11 is 0. The largest absolute Gasteiger partial charge is 0.497 e. The first kappa shape index (κ1) is 36.8. The summed E-state index contributed by atoms with van der Waals surface area (Å²) in [6.45, 7) is 2.07. The molecule has 0 aromatic heterocycles. The molecule has 2 aliphatic heterocycles. The summed E-state index contributed by atoms with van der Waals surface area (Å²) < 4.78 is 21.8. The number of nitrogens with zero attached hydrogens (tertiary/aromatic N) is 3. The van der Waals surface area contributed by atoms with Crippen molar-refractivity contribution in [2.24, 2.45) is 0 Å². The van der Waals surface area contributed by atoms with Gasteiger partial charge in [-0.25, -0.2) is 4.79 Å². The van der Waals surface area contributed by atoms with E-state index in [4.69, 9.17) is 18.9 Å². The van der Waals surface area contributed by atoms with Crippen LogP contribution < -0.4 is 29.6 Å². The highest BCUT2D eigenvalue weighted by atomic mass is 16.5. The van der Waals surface area contributed by atoms with Gasteiger partial charge in [0.05, 0.1) is 40.2 Å². The van der Waals surface area contributed by atoms with Crippen LogP contribution in [0.2, 0.25) is 0 Å². The lowest BCUT2D eigenvalue weighted by molar-refractivity contribution is -0.127. The van der Waals surface area contributed by atoms with E-state index in [-0.39, 0.29) is 37.2 Å². The molecule has 3 aromatic rings. The molecule has 272 valence electrons. The third-order valence-corrected chi connectivity index (χ3v) is 9.38. The Morgan fingerprint density at radius 3 is 2.31 bits per heavy atom. The maximum atomic E-state index is 14.2. The monoisotopic (exact) mass is 701 g/mol. The van der Waals surface area contributed by atoms with Crippen molar-refractivity contribution >= 4 is 29.4 Å². The Kier molecular flexibility index (Phi) is 12.6. The normalized spacial score (nSPS) is 16.8. The summed E-state index contributed by atoms with van der Waals surface area (Å²) in [6, 6.07) is 17.8. The summed E-state index contributed by atoms with van der Waals surface area (Å²) in [4.78, 5) is 59.0. The molecule has 0 radical (unpaired) electrons. The average molecular weight is 702 g/mol. The lowest BCUT2D eigenvalue weighted by atomic mass is 10.1. The third kappa shape index (κ3) is 9.02. The second-order valence-corrected chi connectivity index (χ2v) is 12.5. The molecule has 2 fully saturated rings. The van der Waals surface area contributed by atoms with Gasteiger partial charge in [0.2, 0.25) is 11.8 Å². The van der Waals surface area contributed by atoms with Crippen molar-refractivity contribution in [1.82, 2.24) is 20.0 Å².